The number of hydrogen-bond donors (Lipinski definition) is 1. The molecule has 0 saturated carbocycles. The molecule has 1 heterocycles. The number of aromatic nitrogens is 1. The number of carbonyl (C=O) groups is 1. The molecule has 0 saturated heterocycles. The molecule has 0 aliphatic heterocycles. The van der Waals surface area contributed by atoms with Crippen LogP contribution in [0.2, 0.25) is 0 Å². The van der Waals surface area contributed by atoms with Crippen molar-refractivity contribution in [3.05, 3.63) is 66.9 Å². The van der Waals surface area contributed by atoms with E-state index < -0.39 is 0 Å². The van der Waals surface area contributed by atoms with Crippen molar-refractivity contribution in [3.63, 3.8) is 0 Å². The molecule has 1 aromatic heterocycles. The molecule has 0 aliphatic carbocycles. The summed E-state index contributed by atoms with van der Waals surface area (Å²) >= 11 is 0. The smallest absolute Gasteiger partial charge is 0.317 e. The van der Waals surface area contributed by atoms with E-state index in [4.69, 9.17) is 4.74 Å². The van der Waals surface area contributed by atoms with Crippen LogP contribution in [0.3, 0.4) is 0 Å². The van der Waals surface area contributed by atoms with Gasteiger partial charge in [0.15, 0.2) is 0 Å². The minimum Gasteiger partial charge on any atom is -0.492 e. The quantitative estimate of drug-likeness (QED) is 0.628. The third kappa shape index (κ3) is 4.79. The van der Waals surface area contributed by atoms with Crippen LogP contribution in [0.4, 0.5) is 4.79 Å². The van der Waals surface area contributed by atoms with E-state index in [2.05, 4.69) is 34.3 Å². The first-order valence-corrected chi connectivity index (χ1v) is 8.95. The molecule has 3 aromatic rings. The minimum absolute atomic E-state index is 0.0703. The Morgan fingerprint density at radius 2 is 1.85 bits per heavy atom. The van der Waals surface area contributed by atoms with E-state index in [9.17, 15) is 4.79 Å². The summed E-state index contributed by atoms with van der Waals surface area (Å²) in [5.74, 6) is 0.820. The number of nitrogens with zero attached hydrogens (tertiary/aromatic N) is 2. The van der Waals surface area contributed by atoms with Gasteiger partial charge in [0.25, 0.3) is 0 Å². The van der Waals surface area contributed by atoms with E-state index in [0.717, 1.165) is 18.7 Å². The Kier molecular flexibility index (Phi) is 6.14. The van der Waals surface area contributed by atoms with Gasteiger partial charge in [0.2, 0.25) is 0 Å². The number of fused-ring (bicyclic) bond motifs is 1. The monoisotopic (exact) mass is 351 g/mol. The summed E-state index contributed by atoms with van der Waals surface area (Å²) in [6.45, 7) is 2.55. The Morgan fingerprint density at radius 1 is 1.08 bits per heavy atom. The van der Waals surface area contributed by atoms with E-state index in [0.29, 0.717) is 19.7 Å². The van der Waals surface area contributed by atoms with Crippen molar-refractivity contribution < 1.29 is 9.53 Å². The Morgan fingerprint density at radius 3 is 2.69 bits per heavy atom. The van der Waals surface area contributed by atoms with Gasteiger partial charge < -0.3 is 19.5 Å². The summed E-state index contributed by atoms with van der Waals surface area (Å²) in [6.07, 6.45) is 2.98. The zero-order chi connectivity index (χ0) is 18.2. The number of para-hydroxylation sites is 2. The SMILES string of the molecule is CN(CCOc1ccccc1)C(=O)NCCCn1ccc2ccccc21. The highest BCUT2D eigenvalue weighted by atomic mass is 16.5. The molecule has 0 fully saturated rings. The molecule has 0 spiro atoms. The van der Waals surface area contributed by atoms with Crippen molar-refractivity contribution in [2.75, 3.05) is 26.7 Å². The molecular formula is C21H25N3O2. The summed E-state index contributed by atoms with van der Waals surface area (Å²) in [5.41, 5.74) is 1.23. The number of aryl methyl sites for hydroxylation is 1. The molecule has 5 heteroatoms. The molecule has 5 nitrogen and oxygen atoms in total. The lowest BCUT2D eigenvalue weighted by Crippen LogP contribution is -2.39. The van der Waals surface area contributed by atoms with Gasteiger partial charge in [-0.2, -0.15) is 0 Å². The second-order valence-electron chi connectivity index (χ2n) is 6.24. The fraction of sp³-hybridized carbons (Fsp3) is 0.286. The average Bonchev–Trinajstić information content (AvgIpc) is 3.09. The van der Waals surface area contributed by atoms with E-state index in [1.165, 1.54) is 10.9 Å². The van der Waals surface area contributed by atoms with Crippen LogP contribution in [-0.2, 0) is 6.54 Å². The Balaban J connectivity index is 1.34. The van der Waals surface area contributed by atoms with Gasteiger partial charge in [0.05, 0.1) is 6.54 Å². The van der Waals surface area contributed by atoms with Gasteiger partial charge in [-0.15, -0.1) is 0 Å². The Hall–Kier alpha value is -2.95. The van der Waals surface area contributed by atoms with E-state index in [1.54, 1.807) is 11.9 Å². The van der Waals surface area contributed by atoms with Crippen LogP contribution in [0, 0.1) is 0 Å². The predicted octanol–water partition coefficient (Wildman–Crippen LogP) is 3.75. The number of amides is 2. The van der Waals surface area contributed by atoms with E-state index in [1.807, 2.05) is 42.5 Å². The van der Waals surface area contributed by atoms with Gasteiger partial charge in [0, 0.05) is 31.9 Å². The van der Waals surface area contributed by atoms with Crippen LogP contribution in [0.15, 0.2) is 66.9 Å². The fourth-order valence-electron chi connectivity index (χ4n) is 2.83. The molecule has 0 atom stereocenters. The van der Waals surface area contributed by atoms with Gasteiger partial charge in [-0.25, -0.2) is 4.79 Å². The molecular weight excluding hydrogens is 326 g/mol. The number of benzene rings is 2. The van der Waals surface area contributed by atoms with Crippen molar-refractivity contribution in [1.29, 1.82) is 0 Å². The molecule has 0 aliphatic rings. The molecule has 0 radical (unpaired) electrons. The molecule has 1 N–H and O–H groups in total. The molecule has 0 unspecified atom stereocenters. The zero-order valence-electron chi connectivity index (χ0n) is 15.1. The maximum atomic E-state index is 12.1. The van der Waals surface area contributed by atoms with Gasteiger partial charge in [-0.3, -0.25) is 0 Å². The second-order valence-corrected chi connectivity index (χ2v) is 6.24. The number of nitrogens with one attached hydrogen (secondary N) is 1. The molecule has 0 bridgehead atoms. The third-order valence-corrected chi connectivity index (χ3v) is 4.32. The number of hydrogen-bond acceptors (Lipinski definition) is 2. The van der Waals surface area contributed by atoms with Gasteiger partial charge in [0.1, 0.15) is 12.4 Å². The van der Waals surface area contributed by atoms with Crippen molar-refractivity contribution in [1.82, 2.24) is 14.8 Å². The van der Waals surface area contributed by atoms with Crippen LogP contribution in [0.5, 0.6) is 5.75 Å². The van der Waals surface area contributed by atoms with Crippen molar-refractivity contribution >= 4 is 16.9 Å². The molecule has 136 valence electrons. The first-order chi connectivity index (χ1) is 12.7. The van der Waals surface area contributed by atoms with E-state index >= 15 is 0 Å². The lowest BCUT2D eigenvalue weighted by Gasteiger charge is -2.18. The van der Waals surface area contributed by atoms with Gasteiger partial charge >= 0.3 is 6.03 Å². The van der Waals surface area contributed by atoms with Crippen molar-refractivity contribution in [2.24, 2.45) is 0 Å². The summed E-state index contributed by atoms with van der Waals surface area (Å²) in [6, 6.07) is 20.0. The Labute approximate surface area is 154 Å². The lowest BCUT2D eigenvalue weighted by molar-refractivity contribution is 0.195. The first-order valence-electron chi connectivity index (χ1n) is 8.95. The number of urea groups is 1. The second kappa shape index (κ2) is 8.94. The fourth-order valence-corrected chi connectivity index (χ4v) is 2.83. The number of carbonyl (C=O) groups excluding carboxylic acids is 1. The zero-order valence-corrected chi connectivity index (χ0v) is 15.1. The minimum atomic E-state index is -0.0703. The third-order valence-electron chi connectivity index (χ3n) is 4.32. The van der Waals surface area contributed by atoms with E-state index in [-0.39, 0.29) is 6.03 Å². The van der Waals surface area contributed by atoms with Crippen LogP contribution >= 0.6 is 0 Å². The highest BCUT2D eigenvalue weighted by Gasteiger charge is 2.07. The van der Waals surface area contributed by atoms with Crippen LogP contribution < -0.4 is 10.1 Å². The number of likely N-dealkylation sites (N-methyl/N-ethyl adjacent to an activating group) is 1. The van der Waals surface area contributed by atoms with Crippen LogP contribution in [0.1, 0.15) is 6.42 Å². The highest BCUT2D eigenvalue weighted by Crippen LogP contribution is 2.15. The summed E-state index contributed by atoms with van der Waals surface area (Å²) in [5, 5.41) is 4.20. The summed E-state index contributed by atoms with van der Waals surface area (Å²) in [4.78, 5) is 13.8. The van der Waals surface area contributed by atoms with Gasteiger partial charge in [-0.05, 0) is 36.1 Å². The first kappa shape index (κ1) is 17.9. The standard InChI is InChI=1S/C21H25N3O2/c1-23(16-17-26-19-9-3-2-4-10-19)21(25)22-13-7-14-24-15-12-18-8-5-6-11-20(18)24/h2-6,8-12,15H,7,13-14,16-17H2,1H3,(H,22,25). The summed E-state index contributed by atoms with van der Waals surface area (Å²) < 4.78 is 7.84. The Bertz CT molecular complexity index is 829. The van der Waals surface area contributed by atoms with Crippen LogP contribution in [-0.4, -0.2) is 42.2 Å². The normalized spacial score (nSPS) is 10.7. The summed E-state index contributed by atoms with van der Waals surface area (Å²) in [7, 11) is 1.78. The molecule has 2 aromatic carbocycles. The van der Waals surface area contributed by atoms with Gasteiger partial charge in [-0.1, -0.05) is 36.4 Å². The highest BCUT2D eigenvalue weighted by molar-refractivity contribution is 5.79. The van der Waals surface area contributed by atoms with Crippen LogP contribution in [0.25, 0.3) is 10.9 Å². The number of rotatable bonds is 8. The maximum Gasteiger partial charge on any atom is 0.317 e. The average molecular weight is 351 g/mol. The van der Waals surface area contributed by atoms with Crippen molar-refractivity contribution in [3.8, 4) is 5.75 Å². The molecule has 26 heavy (non-hydrogen) atoms. The molecule has 3 rings (SSSR count). The van der Waals surface area contributed by atoms with Crippen molar-refractivity contribution in [2.45, 2.75) is 13.0 Å². The topological polar surface area (TPSA) is 46.5 Å². The largest absolute Gasteiger partial charge is 0.492 e. The lowest BCUT2D eigenvalue weighted by atomic mass is 10.2. The predicted molar refractivity (Wildman–Crippen MR) is 105 cm³/mol. The maximum absolute atomic E-state index is 12.1. The number of ether oxygens (including phenoxy) is 1. The molecule has 2 amide bonds.